The largest absolute Gasteiger partial charge is 0.398 e. The van der Waals surface area contributed by atoms with Crippen LogP contribution in [-0.4, -0.2) is 29.8 Å². The van der Waals surface area contributed by atoms with E-state index in [2.05, 4.69) is 0 Å². The summed E-state index contributed by atoms with van der Waals surface area (Å²) in [4.78, 5) is 14.1. The van der Waals surface area contributed by atoms with Crippen LogP contribution in [0.2, 0.25) is 0 Å². The van der Waals surface area contributed by atoms with Crippen molar-refractivity contribution in [3.8, 4) is 22.3 Å². The van der Waals surface area contributed by atoms with Crippen LogP contribution in [0.3, 0.4) is 0 Å². The van der Waals surface area contributed by atoms with Gasteiger partial charge in [0.15, 0.2) is 0 Å². The predicted octanol–water partition coefficient (Wildman–Crippen LogP) is 5.61. The van der Waals surface area contributed by atoms with E-state index in [0.29, 0.717) is 11.3 Å². The average molecular weight is 410 g/mol. The Kier molecular flexibility index (Phi) is 5.24. The molecular weight excluding hydrogens is 389 g/mol. The number of alkyl halides is 2. The molecule has 1 heterocycles. The van der Waals surface area contributed by atoms with E-state index < -0.39 is 5.92 Å². The van der Waals surface area contributed by atoms with Gasteiger partial charge >= 0.3 is 0 Å². The van der Waals surface area contributed by atoms with Crippen LogP contribution in [0.5, 0.6) is 0 Å². The molecule has 4 rings (SSSR count). The molecule has 6 heteroatoms. The second-order valence-corrected chi connectivity index (χ2v) is 7.53. The Hall–Kier alpha value is -3.28. The van der Waals surface area contributed by atoms with Crippen molar-refractivity contribution in [2.24, 2.45) is 0 Å². The molecule has 0 spiro atoms. The lowest BCUT2D eigenvalue weighted by Crippen LogP contribution is -2.42. The summed E-state index contributed by atoms with van der Waals surface area (Å²) in [6.07, 6.45) is -0.594. The van der Waals surface area contributed by atoms with Crippen molar-refractivity contribution in [1.82, 2.24) is 4.90 Å². The molecule has 0 aromatic heterocycles. The molecular formula is C24H21F3N2O. The lowest BCUT2D eigenvalue weighted by molar-refractivity contribution is -0.0494. The summed E-state index contributed by atoms with van der Waals surface area (Å²) >= 11 is 0. The monoisotopic (exact) mass is 410 g/mol. The molecule has 2 N–H and O–H groups in total. The summed E-state index contributed by atoms with van der Waals surface area (Å²) in [6, 6.07) is 18.8. The fourth-order valence-corrected chi connectivity index (χ4v) is 3.64. The van der Waals surface area contributed by atoms with Crippen LogP contribution in [0.1, 0.15) is 23.2 Å². The molecule has 1 saturated heterocycles. The minimum absolute atomic E-state index is 0.0621. The van der Waals surface area contributed by atoms with Gasteiger partial charge < -0.3 is 10.6 Å². The van der Waals surface area contributed by atoms with Gasteiger partial charge in [-0.25, -0.2) is 13.2 Å². The number of nitrogens with two attached hydrogens (primary N) is 1. The Morgan fingerprint density at radius 2 is 1.40 bits per heavy atom. The molecule has 0 aliphatic carbocycles. The van der Waals surface area contributed by atoms with Gasteiger partial charge in [0, 0.05) is 42.7 Å². The summed E-state index contributed by atoms with van der Waals surface area (Å²) < 4.78 is 39.9. The summed E-state index contributed by atoms with van der Waals surface area (Å²) in [7, 11) is 0. The summed E-state index contributed by atoms with van der Waals surface area (Å²) in [5.74, 6) is -3.23. The van der Waals surface area contributed by atoms with E-state index in [1.165, 1.54) is 17.0 Å². The molecule has 3 aromatic rings. The number of amides is 1. The highest BCUT2D eigenvalue weighted by Gasteiger charge is 2.35. The van der Waals surface area contributed by atoms with Crippen LogP contribution in [0.4, 0.5) is 18.9 Å². The zero-order chi connectivity index (χ0) is 21.3. The fraction of sp³-hybridized carbons (Fsp3) is 0.208. The molecule has 3 nitrogen and oxygen atoms in total. The normalized spacial score (nSPS) is 15.8. The third-order valence-electron chi connectivity index (χ3n) is 5.46. The number of anilines is 1. The van der Waals surface area contributed by atoms with Crippen LogP contribution in [0.25, 0.3) is 22.3 Å². The molecule has 1 amide bonds. The maximum absolute atomic E-state index is 13.3. The van der Waals surface area contributed by atoms with E-state index in [1.54, 1.807) is 30.3 Å². The third kappa shape index (κ3) is 4.17. The number of hydrogen-bond donors (Lipinski definition) is 1. The highest BCUT2D eigenvalue weighted by molar-refractivity contribution is 5.95. The van der Waals surface area contributed by atoms with Crippen LogP contribution in [-0.2, 0) is 0 Å². The number of piperidine rings is 1. The van der Waals surface area contributed by atoms with Gasteiger partial charge in [0.25, 0.3) is 11.8 Å². The molecule has 0 saturated carbocycles. The van der Waals surface area contributed by atoms with Gasteiger partial charge in [0.1, 0.15) is 5.82 Å². The zero-order valence-corrected chi connectivity index (χ0v) is 16.2. The summed E-state index contributed by atoms with van der Waals surface area (Å²) in [6.45, 7) is 0.124. The number of benzene rings is 3. The topological polar surface area (TPSA) is 46.3 Å². The predicted molar refractivity (Wildman–Crippen MR) is 112 cm³/mol. The smallest absolute Gasteiger partial charge is 0.253 e. The first-order valence-electron chi connectivity index (χ1n) is 9.75. The maximum atomic E-state index is 13.3. The number of carbonyl (C=O) groups excluding carboxylic acids is 1. The molecule has 1 aliphatic heterocycles. The third-order valence-corrected chi connectivity index (χ3v) is 5.46. The van der Waals surface area contributed by atoms with Crippen molar-refractivity contribution in [1.29, 1.82) is 0 Å². The van der Waals surface area contributed by atoms with E-state index in [9.17, 15) is 18.0 Å². The van der Waals surface area contributed by atoms with Gasteiger partial charge in [-0.3, -0.25) is 4.79 Å². The molecule has 0 radical (unpaired) electrons. The summed E-state index contributed by atoms with van der Waals surface area (Å²) in [5, 5.41) is 0. The fourth-order valence-electron chi connectivity index (χ4n) is 3.64. The highest BCUT2D eigenvalue weighted by atomic mass is 19.3. The number of nitrogen functional groups attached to an aromatic ring is 1. The number of nitrogens with zero attached hydrogens (tertiary/aromatic N) is 1. The number of rotatable bonds is 3. The maximum Gasteiger partial charge on any atom is 0.253 e. The highest BCUT2D eigenvalue weighted by Crippen LogP contribution is 2.32. The zero-order valence-electron chi connectivity index (χ0n) is 16.2. The molecule has 154 valence electrons. The Labute approximate surface area is 172 Å². The second-order valence-electron chi connectivity index (χ2n) is 7.53. The van der Waals surface area contributed by atoms with Gasteiger partial charge in [-0.1, -0.05) is 30.3 Å². The van der Waals surface area contributed by atoms with Crippen LogP contribution in [0.15, 0.2) is 66.7 Å². The number of halogens is 3. The van der Waals surface area contributed by atoms with E-state index in [0.717, 1.165) is 22.3 Å². The molecule has 1 fully saturated rings. The van der Waals surface area contributed by atoms with Gasteiger partial charge in [0.2, 0.25) is 0 Å². The van der Waals surface area contributed by atoms with E-state index >= 15 is 0 Å². The molecule has 0 unspecified atom stereocenters. The Balaban J connectivity index is 1.55. The van der Waals surface area contributed by atoms with Crippen molar-refractivity contribution >= 4 is 11.6 Å². The molecule has 1 aliphatic rings. The van der Waals surface area contributed by atoms with Crippen LogP contribution >= 0.6 is 0 Å². The van der Waals surface area contributed by atoms with E-state index in [1.807, 2.05) is 24.3 Å². The average Bonchev–Trinajstić information content (AvgIpc) is 2.74. The van der Waals surface area contributed by atoms with Crippen molar-refractivity contribution in [3.63, 3.8) is 0 Å². The Morgan fingerprint density at radius 1 is 0.833 bits per heavy atom. The van der Waals surface area contributed by atoms with Crippen molar-refractivity contribution in [2.45, 2.75) is 18.8 Å². The molecule has 3 aromatic carbocycles. The minimum Gasteiger partial charge on any atom is -0.398 e. The van der Waals surface area contributed by atoms with Crippen molar-refractivity contribution < 1.29 is 18.0 Å². The molecule has 0 atom stereocenters. The SMILES string of the molecule is Nc1ccc(-c2ccc(C(=O)N3CCC(F)(F)CC3)cc2)cc1-c1ccc(F)cc1. The van der Waals surface area contributed by atoms with Crippen molar-refractivity contribution in [3.05, 3.63) is 78.1 Å². The number of hydrogen-bond acceptors (Lipinski definition) is 2. The lowest BCUT2D eigenvalue weighted by Gasteiger charge is -2.31. The standard InChI is InChI=1S/C24H21F3N2O/c25-20-8-5-17(6-9-20)21-15-19(7-10-22(21)28)16-1-3-18(4-2-16)23(30)29-13-11-24(26,27)12-14-29/h1-10,15H,11-14,28H2. The number of carbonyl (C=O) groups is 1. The Morgan fingerprint density at radius 3 is 2.03 bits per heavy atom. The minimum atomic E-state index is -2.68. The lowest BCUT2D eigenvalue weighted by atomic mass is 9.96. The van der Waals surface area contributed by atoms with Gasteiger partial charge in [-0.05, 0) is 53.1 Å². The Bertz CT molecular complexity index is 1050. The van der Waals surface area contributed by atoms with Crippen LogP contribution < -0.4 is 5.73 Å². The van der Waals surface area contributed by atoms with E-state index in [-0.39, 0.29) is 37.7 Å². The molecule has 30 heavy (non-hydrogen) atoms. The first-order chi connectivity index (χ1) is 14.3. The van der Waals surface area contributed by atoms with Gasteiger partial charge in [-0.2, -0.15) is 0 Å². The van der Waals surface area contributed by atoms with Gasteiger partial charge in [0.05, 0.1) is 0 Å². The first kappa shape index (κ1) is 20.0. The van der Waals surface area contributed by atoms with Gasteiger partial charge in [-0.15, -0.1) is 0 Å². The summed E-state index contributed by atoms with van der Waals surface area (Å²) in [5.41, 5.74) is 10.6. The quantitative estimate of drug-likeness (QED) is 0.570. The van der Waals surface area contributed by atoms with Crippen LogP contribution in [0, 0.1) is 5.82 Å². The van der Waals surface area contributed by atoms with E-state index in [4.69, 9.17) is 5.73 Å². The molecule has 0 bridgehead atoms. The number of likely N-dealkylation sites (tertiary alicyclic amines) is 1. The first-order valence-corrected chi connectivity index (χ1v) is 9.75. The van der Waals surface area contributed by atoms with Crippen molar-refractivity contribution in [2.75, 3.05) is 18.8 Å². The second kappa shape index (κ2) is 7.86.